The van der Waals surface area contributed by atoms with Gasteiger partial charge in [0.1, 0.15) is 0 Å². The van der Waals surface area contributed by atoms with Crippen molar-refractivity contribution >= 4 is 11.6 Å². The summed E-state index contributed by atoms with van der Waals surface area (Å²) in [6.45, 7) is 0.901. The minimum atomic E-state index is 0.387. The van der Waals surface area contributed by atoms with Crippen LogP contribution in [0.5, 0.6) is 0 Å². The topological polar surface area (TPSA) is 33.6 Å². The standard InChI is InChI=1S/C10H10N2O/c1-2-4-9-7(3-1)8-5-6-11-13-10(8)12-9/h1-4,8,11H,5-6H2. The predicted octanol–water partition coefficient (Wildman–Crippen LogP) is 1.74. The van der Waals surface area contributed by atoms with Gasteiger partial charge in [-0.2, -0.15) is 5.48 Å². The van der Waals surface area contributed by atoms with E-state index in [1.807, 2.05) is 12.1 Å². The van der Waals surface area contributed by atoms with Crippen molar-refractivity contribution in [2.45, 2.75) is 12.3 Å². The van der Waals surface area contributed by atoms with Crippen molar-refractivity contribution in [2.24, 2.45) is 4.99 Å². The summed E-state index contributed by atoms with van der Waals surface area (Å²) in [6.07, 6.45) is 1.08. The van der Waals surface area contributed by atoms with Crippen molar-refractivity contribution in [3.63, 3.8) is 0 Å². The van der Waals surface area contributed by atoms with Crippen LogP contribution in [0.4, 0.5) is 5.69 Å². The highest BCUT2D eigenvalue weighted by molar-refractivity contribution is 5.92. The molecular weight excluding hydrogens is 164 g/mol. The number of aliphatic imine (C=N–C) groups is 1. The molecule has 3 nitrogen and oxygen atoms in total. The summed E-state index contributed by atoms with van der Waals surface area (Å²) in [5, 5.41) is 0. The van der Waals surface area contributed by atoms with Gasteiger partial charge in [-0.1, -0.05) is 18.2 Å². The van der Waals surface area contributed by atoms with Gasteiger partial charge >= 0.3 is 0 Å². The number of nitrogens with zero attached hydrogens (tertiary/aromatic N) is 1. The monoisotopic (exact) mass is 174 g/mol. The van der Waals surface area contributed by atoms with Crippen molar-refractivity contribution in [3.8, 4) is 0 Å². The number of benzene rings is 1. The fourth-order valence-electron chi connectivity index (χ4n) is 1.91. The molecule has 0 spiro atoms. The van der Waals surface area contributed by atoms with Crippen LogP contribution in [0.25, 0.3) is 0 Å². The lowest BCUT2D eigenvalue weighted by Gasteiger charge is -2.20. The van der Waals surface area contributed by atoms with Crippen LogP contribution in [0.1, 0.15) is 17.9 Å². The Morgan fingerprint density at radius 3 is 3.31 bits per heavy atom. The first-order valence-electron chi connectivity index (χ1n) is 4.52. The van der Waals surface area contributed by atoms with E-state index in [-0.39, 0.29) is 0 Å². The normalized spacial score (nSPS) is 24.3. The van der Waals surface area contributed by atoms with E-state index in [4.69, 9.17) is 4.84 Å². The van der Waals surface area contributed by atoms with E-state index < -0.39 is 0 Å². The molecule has 1 aromatic rings. The highest BCUT2D eigenvalue weighted by Crippen LogP contribution is 2.38. The van der Waals surface area contributed by atoms with Gasteiger partial charge in [-0.15, -0.1) is 0 Å². The third kappa shape index (κ3) is 0.971. The molecule has 0 amide bonds. The van der Waals surface area contributed by atoms with E-state index in [1.54, 1.807) is 0 Å². The molecule has 0 radical (unpaired) electrons. The smallest absolute Gasteiger partial charge is 0.222 e. The summed E-state index contributed by atoms with van der Waals surface area (Å²) in [5.41, 5.74) is 5.23. The van der Waals surface area contributed by atoms with Gasteiger partial charge in [-0.05, 0) is 18.1 Å². The van der Waals surface area contributed by atoms with Crippen LogP contribution in [0, 0.1) is 0 Å². The lowest BCUT2D eigenvalue weighted by Crippen LogP contribution is -2.31. The van der Waals surface area contributed by atoms with Crippen molar-refractivity contribution < 1.29 is 4.84 Å². The van der Waals surface area contributed by atoms with Crippen molar-refractivity contribution in [2.75, 3.05) is 6.54 Å². The molecular formula is C10H10N2O. The lowest BCUT2D eigenvalue weighted by atomic mass is 9.96. The van der Waals surface area contributed by atoms with Crippen LogP contribution in [0.2, 0.25) is 0 Å². The number of nitrogens with one attached hydrogen (secondary N) is 1. The summed E-state index contributed by atoms with van der Waals surface area (Å²) in [4.78, 5) is 9.69. The van der Waals surface area contributed by atoms with Gasteiger partial charge < -0.3 is 4.84 Å². The molecule has 1 fully saturated rings. The summed E-state index contributed by atoms with van der Waals surface area (Å²) >= 11 is 0. The van der Waals surface area contributed by atoms with Gasteiger partial charge in [-0.25, -0.2) is 4.99 Å². The van der Waals surface area contributed by atoms with Crippen molar-refractivity contribution in [1.82, 2.24) is 5.48 Å². The van der Waals surface area contributed by atoms with E-state index in [9.17, 15) is 0 Å². The fourth-order valence-corrected chi connectivity index (χ4v) is 1.91. The van der Waals surface area contributed by atoms with Crippen LogP contribution in [0.3, 0.4) is 0 Å². The van der Waals surface area contributed by atoms with Crippen LogP contribution in [-0.4, -0.2) is 12.4 Å². The second-order valence-corrected chi connectivity index (χ2v) is 3.35. The molecule has 1 N–H and O–H groups in total. The molecule has 0 saturated carbocycles. The minimum absolute atomic E-state index is 0.387. The van der Waals surface area contributed by atoms with Gasteiger partial charge in [-0.3, -0.25) is 0 Å². The maximum absolute atomic E-state index is 5.28. The lowest BCUT2D eigenvalue weighted by molar-refractivity contribution is 0.148. The van der Waals surface area contributed by atoms with Gasteiger partial charge in [0.2, 0.25) is 5.90 Å². The number of hydrogen-bond donors (Lipinski definition) is 1. The van der Waals surface area contributed by atoms with Gasteiger partial charge in [0, 0.05) is 6.54 Å². The molecule has 1 saturated heterocycles. The summed E-state index contributed by atoms with van der Waals surface area (Å²) in [5.74, 6) is 1.21. The van der Waals surface area contributed by atoms with Crippen molar-refractivity contribution in [3.05, 3.63) is 29.8 Å². The van der Waals surface area contributed by atoms with Gasteiger partial charge in [0.05, 0.1) is 11.6 Å². The Hall–Kier alpha value is -1.35. The molecule has 2 heterocycles. The second-order valence-electron chi connectivity index (χ2n) is 3.35. The molecule has 2 aliphatic heterocycles. The molecule has 13 heavy (non-hydrogen) atoms. The zero-order chi connectivity index (χ0) is 8.67. The Bertz CT molecular complexity index is 373. The van der Waals surface area contributed by atoms with Crippen LogP contribution in [-0.2, 0) is 4.84 Å². The first-order valence-corrected chi connectivity index (χ1v) is 4.52. The third-order valence-corrected chi connectivity index (χ3v) is 2.55. The number of rotatable bonds is 0. The quantitative estimate of drug-likeness (QED) is 0.650. The maximum atomic E-state index is 5.28. The average Bonchev–Trinajstić information content (AvgIpc) is 2.56. The molecule has 1 atom stereocenters. The minimum Gasteiger partial charge on any atom is -0.392 e. The zero-order valence-corrected chi connectivity index (χ0v) is 7.16. The number of hydroxylamine groups is 1. The SMILES string of the molecule is c1ccc2c(c1)N=C1ONCCC12. The molecule has 0 aromatic heterocycles. The van der Waals surface area contributed by atoms with E-state index in [0.717, 1.165) is 24.6 Å². The number of para-hydroxylation sites is 1. The molecule has 2 aliphatic rings. The predicted molar refractivity (Wildman–Crippen MR) is 50.0 cm³/mol. The highest BCUT2D eigenvalue weighted by Gasteiger charge is 2.30. The molecule has 1 aromatic carbocycles. The van der Waals surface area contributed by atoms with E-state index >= 15 is 0 Å². The Morgan fingerprint density at radius 1 is 1.38 bits per heavy atom. The van der Waals surface area contributed by atoms with Gasteiger partial charge in [0.15, 0.2) is 0 Å². The second kappa shape index (κ2) is 2.57. The van der Waals surface area contributed by atoms with Crippen LogP contribution in [0.15, 0.2) is 29.3 Å². The fraction of sp³-hybridized carbons (Fsp3) is 0.300. The molecule has 3 heteroatoms. The van der Waals surface area contributed by atoms with Crippen LogP contribution >= 0.6 is 0 Å². The van der Waals surface area contributed by atoms with Gasteiger partial charge in [0.25, 0.3) is 0 Å². The molecule has 0 bridgehead atoms. The molecule has 0 aliphatic carbocycles. The highest BCUT2D eigenvalue weighted by atomic mass is 16.7. The molecule has 3 rings (SSSR count). The van der Waals surface area contributed by atoms with Crippen molar-refractivity contribution in [1.29, 1.82) is 0 Å². The van der Waals surface area contributed by atoms with Crippen LogP contribution < -0.4 is 5.48 Å². The first kappa shape index (κ1) is 7.09. The summed E-state index contributed by atoms with van der Waals surface area (Å²) in [7, 11) is 0. The molecule has 1 unspecified atom stereocenters. The van der Waals surface area contributed by atoms with E-state index in [2.05, 4.69) is 22.6 Å². The Morgan fingerprint density at radius 2 is 2.31 bits per heavy atom. The summed E-state index contributed by atoms with van der Waals surface area (Å²) < 4.78 is 0. The van der Waals surface area contributed by atoms with E-state index in [0.29, 0.717) is 5.92 Å². The largest absolute Gasteiger partial charge is 0.392 e. The third-order valence-electron chi connectivity index (χ3n) is 2.55. The molecule has 66 valence electrons. The summed E-state index contributed by atoms with van der Waals surface area (Å²) in [6, 6.07) is 8.22. The average molecular weight is 174 g/mol. The number of fused-ring (bicyclic) bond motifs is 3. The zero-order valence-electron chi connectivity index (χ0n) is 7.16. The van der Waals surface area contributed by atoms with E-state index in [1.165, 1.54) is 5.56 Å². The Kier molecular flexibility index (Phi) is 1.40. The first-order chi connectivity index (χ1) is 6.45. The Balaban J connectivity index is 2.09. The number of hydrogen-bond acceptors (Lipinski definition) is 3. The Labute approximate surface area is 76.4 Å². The maximum Gasteiger partial charge on any atom is 0.222 e.